The van der Waals surface area contributed by atoms with Gasteiger partial charge in [0.25, 0.3) is 11.8 Å². The van der Waals surface area contributed by atoms with Crippen LogP contribution in [0.1, 0.15) is 32.3 Å². The number of hydrogen-bond donors (Lipinski definition) is 3. The second-order valence-electron chi connectivity index (χ2n) is 10.4. The third kappa shape index (κ3) is 9.32. The molecule has 5 rings (SSSR count). The topological polar surface area (TPSA) is 87.3 Å². The Bertz CT molecular complexity index is 1970. The van der Waals surface area contributed by atoms with E-state index < -0.39 is 34.7 Å². The molecule has 3 N–H and O–H groups in total. The predicted octanol–water partition coefficient (Wildman–Crippen LogP) is 9.89. The van der Waals surface area contributed by atoms with Gasteiger partial charge in [-0.2, -0.15) is 13.2 Å². The second-order valence-corrected chi connectivity index (χ2v) is 12.4. The van der Waals surface area contributed by atoms with Gasteiger partial charge < -0.3 is 16.0 Å². The van der Waals surface area contributed by atoms with Crippen LogP contribution in [-0.2, 0) is 15.8 Å². The number of para-hydroxylation sites is 1. The Morgan fingerprint density at radius 3 is 1.92 bits per heavy atom. The molecule has 0 saturated heterocycles. The van der Waals surface area contributed by atoms with Crippen LogP contribution < -0.4 is 16.0 Å². The summed E-state index contributed by atoms with van der Waals surface area (Å²) >= 11 is 13.8. The first-order chi connectivity index (χ1) is 23.5. The summed E-state index contributed by atoms with van der Waals surface area (Å²) in [5, 5.41) is 7.45. The van der Waals surface area contributed by atoms with Crippen molar-refractivity contribution in [1.29, 1.82) is 0 Å². The lowest BCUT2D eigenvalue weighted by Crippen LogP contribution is -2.30. The van der Waals surface area contributed by atoms with Crippen LogP contribution in [-0.4, -0.2) is 17.7 Å². The molecular weight excluding hydrogens is 694 g/mol. The van der Waals surface area contributed by atoms with Gasteiger partial charge in [-0.05, 0) is 72.3 Å². The number of rotatable bonds is 10. The number of benzene rings is 5. The van der Waals surface area contributed by atoms with Gasteiger partial charge >= 0.3 is 6.18 Å². The van der Waals surface area contributed by atoms with E-state index in [-0.39, 0.29) is 21.4 Å². The molecule has 1 atom stereocenters. The van der Waals surface area contributed by atoms with Crippen LogP contribution in [0.2, 0.25) is 10.0 Å². The first kappa shape index (κ1) is 35.3. The SMILES string of the molecule is O=C(Nc1ccc(SC(C(=O)Nc2ccccc2C(F)(F)F)c2ccccc2)cc1)/C(=C/c1c(Cl)cccc1Cl)NC(=O)c1ccccc1. The molecule has 0 radical (unpaired) electrons. The van der Waals surface area contributed by atoms with Crippen molar-refractivity contribution in [2.45, 2.75) is 16.3 Å². The van der Waals surface area contributed by atoms with Crippen molar-refractivity contribution in [3.05, 3.63) is 165 Å². The normalized spacial score (nSPS) is 12.1. The van der Waals surface area contributed by atoms with Crippen LogP contribution in [0, 0.1) is 0 Å². The number of amides is 3. The Balaban J connectivity index is 1.36. The van der Waals surface area contributed by atoms with Gasteiger partial charge in [0, 0.05) is 31.8 Å². The highest BCUT2D eigenvalue weighted by Gasteiger charge is 2.34. The third-order valence-corrected chi connectivity index (χ3v) is 8.94. The van der Waals surface area contributed by atoms with Gasteiger partial charge in [0.15, 0.2) is 0 Å². The van der Waals surface area contributed by atoms with Gasteiger partial charge in [-0.25, -0.2) is 0 Å². The van der Waals surface area contributed by atoms with E-state index in [0.717, 1.165) is 17.8 Å². The minimum Gasteiger partial charge on any atom is -0.324 e. The van der Waals surface area contributed by atoms with E-state index in [1.54, 1.807) is 103 Å². The van der Waals surface area contributed by atoms with Crippen LogP contribution >= 0.6 is 35.0 Å². The molecule has 0 spiro atoms. The smallest absolute Gasteiger partial charge is 0.324 e. The molecule has 0 aliphatic heterocycles. The van der Waals surface area contributed by atoms with E-state index in [1.165, 1.54) is 24.3 Å². The number of alkyl halides is 3. The Morgan fingerprint density at radius 1 is 0.694 bits per heavy atom. The molecule has 12 heteroatoms. The number of halogens is 5. The summed E-state index contributed by atoms with van der Waals surface area (Å²) in [5.74, 6) is -1.84. The fraction of sp³-hybridized carbons (Fsp3) is 0.0541. The summed E-state index contributed by atoms with van der Waals surface area (Å²) in [6.07, 6.45) is -3.27. The zero-order chi connectivity index (χ0) is 35.0. The number of hydrogen-bond acceptors (Lipinski definition) is 4. The zero-order valence-corrected chi connectivity index (χ0v) is 27.6. The number of nitrogens with one attached hydrogen (secondary N) is 3. The maximum atomic E-state index is 13.6. The van der Waals surface area contributed by atoms with Crippen molar-refractivity contribution in [2.24, 2.45) is 0 Å². The summed E-state index contributed by atoms with van der Waals surface area (Å²) in [4.78, 5) is 40.5. The Morgan fingerprint density at radius 2 is 1.29 bits per heavy atom. The Kier molecular flexibility index (Phi) is 11.5. The summed E-state index contributed by atoms with van der Waals surface area (Å²) < 4.78 is 40.8. The molecule has 248 valence electrons. The van der Waals surface area contributed by atoms with E-state index >= 15 is 0 Å². The number of carbonyl (C=O) groups is 3. The van der Waals surface area contributed by atoms with E-state index in [0.29, 0.717) is 27.3 Å². The fourth-order valence-corrected chi connectivity index (χ4v) is 6.16. The zero-order valence-electron chi connectivity index (χ0n) is 25.3. The van der Waals surface area contributed by atoms with E-state index in [9.17, 15) is 27.6 Å². The average Bonchev–Trinajstić information content (AvgIpc) is 3.09. The molecular formula is C37H26Cl2F3N3O3S. The molecule has 0 fully saturated rings. The molecule has 3 amide bonds. The molecule has 0 heterocycles. The standard InChI is InChI=1S/C37H26Cl2F3N3O3S/c38-29-15-9-16-30(39)27(29)22-32(45-34(46)24-12-5-2-6-13-24)35(47)43-25-18-20-26(21-19-25)49-33(23-10-3-1-4-11-23)36(48)44-31-17-8-7-14-28(31)37(40,41)42/h1-22,33H,(H,43,47)(H,44,48)(H,45,46)/b32-22-. The predicted molar refractivity (Wildman–Crippen MR) is 189 cm³/mol. The first-order valence-electron chi connectivity index (χ1n) is 14.6. The van der Waals surface area contributed by atoms with Gasteiger partial charge in [-0.1, -0.05) is 89.9 Å². The van der Waals surface area contributed by atoms with Crippen molar-refractivity contribution >= 4 is 70.1 Å². The highest BCUT2D eigenvalue weighted by atomic mass is 35.5. The molecule has 5 aromatic carbocycles. The monoisotopic (exact) mass is 719 g/mol. The van der Waals surface area contributed by atoms with Crippen molar-refractivity contribution in [1.82, 2.24) is 5.32 Å². The molecule has 49 heavy (non-hydrogen) atoms. The molecule has 0 aromatic heterocycles. The van der Waals surface area contributed by atoms with Crippen LogP contribution in [0.4, 0.5) is 24.5 Å². The highest BCUT2D eigenvalue weighted by molar-refractivity contribution is 8.00. The summed E-state index contributed by atoms with van der Waals surface area (Å²) in [5.41, 5.74) is 0.174. The minimum absolute atomic E-state index is 0.123. The van der Waals surface area contributed by atoms with Gasteiger partial charge in [-0.3, -0.25) is 14.4 Å². The average molecular weight is 721 g/mol. The summed E-state index contributed by atoms with van der Waals surface area (Å²) in [7, 11) is 0. The van der Waals surface area contributed by atoms with Gasteiger partial charge in [-0.15, -0.1) is 11.8 Å². The molecule has 1 unspecified atom stereocenters. The summed E-state index contributed by atoms with van der Waals surface area (Å²) in [6.45, 7) is 0. The second kappa shape index (κ2) is 15.9. The van der Waals surface area contributed by atoms with Crippen LogP contribution in [0.5, 0.6) is 0 Å². The van der Waals surface area contributed by atoms with Crippen LogP contribution in [0.15, 0.2) is 138 Å². The largest absolute Gasteiger partial charge is 0.418 e. The number of carbonyl (C=O) groups excluding carboxylic acids is 3. The fourth-order valence-electron chi connectivity index (χ4n) is 4.63. The minimum atomic E-state index is -4.65. The molecule has 0 aliphatic rings. The van der Waals surface area contributed by atoms with Crippen LogP contribution in [0.25, 0.3) is 6.08 Å². The van der Waals surface area contributed by atoms with Crippen molar-refractivity contribution in [3.8, 4) is 0 Å². The van der Waals surface area contributed by atoms with E-state index in [2.05, 4.69) is 16.0 Å². The summed E-state index contributed by atoms with van der Waals surface area (Å²) in [6, 6.07) is 33.1. The van der Waals surface area contributed by atoms with Gasteiger partial charge in [0.2, 0.25) is 5.91 Å². The first-order valence-corrected chi connectivity index (χ1v) is 16.3. The maximum absolute atomic E-state index is 13.6. The van der Waals surface area contributed by atoms with E-state index in [1.807, 2.05) is 0 Å². The lowest BCUT2D eigenvalue weighted by molar-refractivity contribution is -0.137. The Labute approximate surface area is 294 Å². The maximum Gasteiger partial charge on any atom is 0.418 e. The van der Waals surface area contributed by atoms with Gasteiger partial charge in [0.05, 0.1) is 11.3 Å². The van der Waals surface area contributed by atoms with Crippen molar-refractivity contribution < 1.29 is 27.6 Å². The third-order valence-electron chi connectivity index (χ3n) is 7.01. The quantitative estimate of drug-likeness (QED) is 0.0991. The van der Waals surface area contributed by atoms with Crippen molar-refractivity contribution in [2.75, 3.05) is 10.6 Å². The molecule has 0 saturated carbocycles. The number of thioether (sulfide) groups is 1. The molecule has 5 aromatic rings. The van der Waals surface area contributed by atoms with Crippen LogP contribution in [0.3, 0.4) is 0 Å². The molecule has 0 bridgehead atoms. The van der Waals surface area contributed by atoms with Gasteiger partial charge in [0.1, 0.15) is 10.9 Å². The van der Waals surface area contributed by atoms with E-state index in [4.69, 9.17) is 23.2 Å². The lowest BCUT2D eigenvalue weighted by Gasteiger charge is -2.19. The number of anilines is 2. The lowest BCUT2D eigenvalue weighted by atomic mass is 10.1. The highest BCUT2D eigenvalue weighted by Crippen LogP contribution is 2.39. The Hall–Kier alpha value is -5.03. The van der Waals surface area contributed by atoms with Crippen molar-refractivity contribution in [3.63, 3.8) is 0 Å². The molecule has 0 aliphatic carbocycles. The molecule has 6 nitrogen and oxygen atoms in total.